The Labute approximate surface area is 116 Å². The standard InChI is InChI=1S/C14H19BrN2O/c1-2-14(7-8-16-10-14)13(18)17-9-11-5-3-4-6-12(11)15/h3-6,16H,2,7-10H2,1H3,(H,17,18). The Bertz CT molecular complexity index is 428. The summed E-state index contributed by atoms with van der Waals surface area (Å²) in [6, 6.07) is 7.98. The molecule has 1 aromatic rings. The van der Waals surface area contributed by atoms with E-state index in [4.69, 9.17) is 0 Å². The van der Waals surface area contributed by atoms with E-state index < -0.39 is 0 Å². The van der Waals surface area contributed by atoms with Crippen molar-refractivity contribution >= 4 is 21.8 Å². The first-order valence-corrected chi connectivity index (χ1v) is 7.20. The molecule has 1 saturated heterocycles. The Morgan fingerprint density at radius 3 is 2.89 bits per heavy atom. The average Bonchev–Trinajstić information content (AvgIpc) is 2.87. The smallest absolute Gasteiger partial charge is 0.227 e. The molecule has 0 saturated carbocycles. The van der Waals surface area contributed by atoms with Gasteiger partial charge >= 0.3 is 0 Å². The number of halogens is 1. The molecule has 0 spiro atoms. The molecule has 0 radical (unpaired) electrons. The summed E-state index contributed by atoms with van der Waals surface area (Å²) >= 11 is 3.50. The molecule has 3 nitrogen and oxygen atoms in total. The Kier molecular flexibility index (Phi) is 4.40. The van der Waals surface area contributed by atoms with Crippen LogP contribution in [0.1, 0.15) is 25.3 Å². The summed E-state index contributed by atoms with van der Waals surface area (Å²) in [5.74, 6) is 0.172. The highest BCUT2D eigenvalue weighted by atomic mass is 79.9. The maximum atomic E-state index is 12.3. The Morgan fingerprint density at radius 2 is 2.28 bits per heavy atom. The molecule has 1 aliphatic heterocycles. The molecule has 4 heteroatoms. The van der Waals surface area contributed by atoms with Crippen molar-refractivity contribution in [3.63, 3.8) is 0 Å². The van der Waals surface area contributed by atoms with E-state index >= 15 is 0 Å². The molecule has 1 fully saturated rings. The van der Waals surface area contributed by atoms with Gasteiger partial charge in [-0.3, -0.25) is 4.79 Å². The Morgan fingerprint density at radius 1 is 1.50 bits per heavy atom. The first-order valence-electron chi connectivity index (χ1n) is 6.40. The van der Waals surface area contributed by atoms with Gasteiger partial charge in [-0.1, -0.05) is 41.1 Å². The molecule has 1 amide bonds. The fourth-order valence-electron chi connectivity index (χ4n) is 2.40. The summed E-state index contributed by atoms with van der Waals surface area (Å²) in [6.45, 7) is 4.41. The van der Waals surface area contributed by atoms with E-state index in [0.29, 0.717) is 6.54 Å². The molecule has 0 aromatic heterocycles. The number of carbonyl (C=O) groups is 1. The van der Waals surface area contributed by atoms with Crippen LogP contribution >= 0.6 is 15.9 Å². The van der Waals surface area contributed by atoms with E-state index in [9.17, 15) is 4.79 Å². The van der Waals surface area contributed by atoms with E-state index in [0.717, 1.165) is 36.0 Å². The fourth-order valence-corrected chi connectivity index (χ4v) is 2.83. The van der Waals surface area contributed by atoms with E-state index in [2.05, 4.69) is 33.5 Å². The molecule has 2 rings (SSSR count). The van der Waals surface area contributed by atoms with Gasteiger partial charge in [0.05, 0.1) is 5.41 Å². The molecular formula is C14H19BrN2O. The summed E-state index contributed by atoms with van der Waals surface area (Å²) in [4.78, 5) is 12.3. The van der Waals surface area contributed by atoms with Gasteiger partial charge in [-0.15, -0.1) is 0 Å². The minimum Gasteiger partial charge on any atom is -0.351 e. The third-order valence-electron chi connectivity index (χ3n) is 3.80. The molecule has 0 bridgehead atoms. The van der Waals surface area contributed by atoms with Crippen molar-refractivity contribution < 1.29 is 4.79 Å². The van der Waals surface area contributed by atoms with Crippen molar-refractivity contribution in [1.29, 1.82) is 0 Å². The third kappa shape index (κ3) is 2.75. The molecule has 18 heavy (non-hydrogen) atoms. The van der Waals surface area contributed by atoms with Gasteiger partial charge in [-0.25, -0.2) is 0 Å². The van der Waals surface area contributed by atoms with Crippen molar-refractivity contribution in [3.05, 3.63) is 34.3 Å². The lowest BCUT2D eigenvalue weighted by atomic mass is 9.83. The highest BCUT2D eigenvalue weighted by Gasteiger charge is 2.39. The predicted molar refractivity (Wildman–Crippen MR) is 76.2 cm³/mol. The second-order valence-corrected chi connectivity index (χ2v) is 5.69. The van der Waals surface area contributed by atoms with Gasteiger partial charge in [-0.05, 0) is 31.0 Å². The number of carbonyl (C=O) groups excluding carboxylic acids is 1. The fraction of sp³-hybridized carbons (Fsp3) is 0.500. The van der Waals surface area contributed by atoms with E-state index in [1.54, 1.807) is 0 Å². The van der Waals surface area contributed by atoms with Gasteiger partial charge in [0.2, 0.25) is 5.91 Å². The quantitative estimate of drug-likeness (QED) is 0.897. The second kappa shape index (κ2) is 5.85. The normalized spacial score (nSPS) is 23.0. The number of hydrogen-bond donors (Lipinski definition) is 2. The average molecular weight is 311 g/mol. The molecule has 1 unspecified atom stereocenters. The number of nitrogens with one attached hydrogen (secondary N) is 2. The van der Waals surface area contributed by atoms with Crippen LogP contribution in [0, 0.1) is 5.41 Å². The van der Waals surface area contributed by atoms with Gasteiger partial charge < -0.3 is 10.6 Å². The van der Waals surface area contributed by atoms with Gasteiger partial charge in [0.25, 0.3) is 0 Å². The lowest BCUT2D eigenvalue weighted by Gasteiger charge is -2.25. The van der Waals surface area contributed by atoms with Gasteiger partial charge in [0.1, 0.15) is 0 Å². The highest BCUT2D eigenvalue weighted by Crippen LogP contribution is 2.29. The maximum absolute atomic E-state index is 12.3. The van der Waals surface area contributed by atoms with Gasteiger partial charge in [-0.2, -0.15) is 0 Å². The molecule has 1 aliphatic rings. The summed E-state index contributed by atoms with van der Waals surface area (Å²) in [5, 5.41) is 6.35. The van der Waals surface area contributed by atoms with Crippen LogP contribution in [0.4, 0.5) is 0 Å². The summed E-state index contributed by atoms with van der Waals surface area (Å²) in [5.41, 5.74) is 0.907. The van der Waals surface area contributed by atoms with Gasteiger partial charge in [0, 0.05) is 17.6 Å². The van der Waals surface area contributed by atoms with Crippen LogP contribution in [-0.4, -0.2) is 19.0 Å². The van der Waals surface area contributed by atoms with E-state index in [1.165, 1.54) is 0 Å². The Balaban J connectivity index is 1.98. The third-order valence-corrected chi connectivity index (χ3v) is 4.57. The lowest BCUT2D eigenvalue weighted by molar-refractivity contribution is -0.130. The van der Waals surface area contributed by atoms with E-state index in [-0.39, 0.29) is 11.3 Å². The van der Waals surface area contributed by atoms with E-state index in [1.807, 2.05) is 24.3 Å². The minimum atomic E-state index is -0.207. The lowest BCUT2D eigenvalue weighted by Crippen LogP contribution is -2.41. The zero-order chi connectivity index (χ0) is 13.0. The molecule has 1 heterocycles. The van der Waals surface area contributed by atoms with Crippen LogP contribution in [0.5, 0.6) is 0 Å². The first kappa shape index (κ1) is 13.6. The molecule has 0 aliphatic carbocycles. The van der Waals surface area contributed by atoms with Crippen LogP contribution in [0.15, 0.2) is 28.7 Å². The van der Waals surface area contributed by atoms with Crippen molar-refractivity contribution in [2.24, 2.45) is 5.41 Å². The number of hydrogen-bond acceptors (Lipinski definition) is 2. The monoisotopic (exact) mass is 310 g/mol. The maximum Gasteiger partial charge on any atom is 0.227 e. The molecule has 98 valence electrons. The molecular weight excluding hydrogens is 292 g/mol. The Hall–Kier alpha value is -0.870. The highest BCUT2D eigenvalue weighted by molar-refractivity contribution is 9.10. The van der Waals surface area contributed by atoms with Gasteiger partial charge in [0.15, 0.2) is 0 Å². The molecule has 1 atom stereocenters. The summed E-state index contributed by atoms with van der Waals surface area (Å²) in [6.07, 6.45) is 1.83. The van der Waals surface area contributed by atoms with Crippen molar-refractivity contribution in [1.82, 2.24) is 10.6 Å². The van der Waals surface area contributed by atoms with Crippen LogP contribution in [0.3, 0.4) is 0 Å². The van der Waals surface area contributed by atoms with Crippen molar-refractivity contribution in [3.8, 4) is 0 Å². The van der Waals surface area contributed by atoms with Crippen LogP contribution in [0.25, 0.3) is 0 Å². The minimum absolute atomic E-state index is 0.172. The predicted octanol–water partition coefficient (Wildman–Crippen LogP) is 2.46. The zero-order valence-electron chi connectivity index (χ0n) is 10.6. The van der Waals surface area contributed by atoms with Crippen LogP contribution in [-0.2, 0) is 11.3 Å². The molecule has 2 N–H and O–H groups in total. The van der Waals surface area contributed by atoms with Crippen molar-refractivity contribution in [2.75, 3.05) is 13.1 Å². The number of benzene rings is 1. The number of amides is 1. The largest absolute Gasteiger partial charge is 0.351 e. The topological polar surface area (TPSA) is 41.1 Å². The molecule has 1 aromatic carbocycles. The first-order chi connectivity index (χ1) is 8.68. The summed E-state index contributed by atoms with van der Waals surface area (Å²) in [7, 11) is 0. The number of rotatable bonds is 4. The van der Waals surface area contributed by atoms with Crippen LogP contribution in [0.2, 0.25) is 0 Å². The van der Waals surface area contributed by atoms with Crippen LogP contribution < -0.4 is 10.6 Å². The van der Waals surface area contributed by atoms with Crippen molar-refractivity contribution in [2.45, 2.75) is 26.3 Å². The zero-order valence-corrected chi connectivity index (χ0v) is 12.2. The second-order valence-electron chi connectivity index (χ2n) is 4.83. The SMILES string of the molecule is CCC1(C(=O)NCc2ccccc2Br)CCNC1. The summed E-state index contributed by atoms with van der Waals surface area (Å²) < 4.78 is 1.04.